The van der Waals surface area contributed by atoms with Gasteiger partial charge in [0.25, 0.3) is 0 Å². The van der Waals surface area contributed by atoms with E-state index in [9.17, 15) is 8.42 Å². The van der Waals surface area contributed by atoms with Crippen molar-refractivity contribution in [3.63, 3.8) is 0 Å². The molecule has 1 rings (SSSR count). The first-order chi connectivity index (χ1) is 7.54. The van der Waals surface area contributed by atoms with Crippen molar-refractivity contribution in [3.05, 3.63) is 24.3 Å². The molecule has 0 aliphatic heterocycles. The summed E-state index contributed by atoms with van der Waals surface area (Å²) in [5.74, 6) is 0. The Labute approximate surface area is 95.6 Å². The molecule has 0 saturated heterocycles. The molecule has 0 amide bonds. The molecule has 0 heterocycles. The monoisotopic (exact) mass is 244 g/mol. The first-order valence-electron chi connectivity index (χ1n) is 5.04. The van der Waals surface area contributed by atoms with Gasteiger partial charge < -0.3 is 0 Å². The Morgan fingerprint density at radius 2 is 1.94 bits per heavy atom. The van der Waals surface area contributed by atoms with Crippen molar-refractivity contribution in [2.24, 2.45) is 5.14 Å². The van der Waals surface area contributed by atoms with Gasteiger partial charge in [-0.15, -0.1) is 0 Å². The second-order valence-electron chi connectivity index (χ2n) is 3.37. The predicted molar refractivity (Wildman–Crippen MR) is 62.3 cm³/mol. The summed E-state index contributed by atoms with van der Waals surface area (Å²) < 4.78 is 21.9. The Kier molecular flexibility index (Phi) is 4.72. The summed E-state index contributed by atoms with van der Waals surface area (Å²) in [5, 5.41) is 4.97. The van der Waals surface area contributed by atoms with Crippen LogP contribution in [0, 0.1) is 0 Å². The molecule has 0 bridgehead atoms. The molecule has 0 radical (unpaired) electrons. The summed E-state index contributed by atoms with van der Waals surface area (Å²) in [6.07, 6.45) is 2.04. The highest BCUT2D eigenvalue weighted by Gasteiger charge is 2.06. The minimum Gasteiger partial charge on any atom is -0.276 e. The Morgan fingerprint density at radius 1 is 1.31 bits per heavy atom. The minimum atomic E-state index is -3.62. The standard InChI is InChI=1S/C10H16N2O3S/c1-2-3-8-15-12-9-4-6-10(7-5-9)16(11,13)14/h4-7,12H,2-3,8H2,1H3,(H2,11,13,14). The van der Waals surface area contributed by atoms with Crippen LogP contribution >= 0.6 is 0 Å². The number of benzene rings is 1. The Hall–Kier alpha value is -1.11. The van der Waals surface area contributed by atoms with Crippen molar-refractivity contribution in [3.8, 4) is 0 Å². The lowest BCUT2D eigenvalue weighted by Gasteiger charge is -2.06. The van der Waals surface area contributed by atoms with Crippen LogP contribution in [0.5, 0.6) is 0 Å². The lowest BCUT2D eigenvalue weighted by Crippen LogP contribution is -2.12. The van der Waals surface area contributed by atoms with Crippen LogP contribution < -0.4 is 10.6 Å². The molecule has 3 N–H and O–H groups in total. The molecule has 0 unspecified atom stereocenters. The van der Waals surface area contributed by atoms with E-state index in [2.05, 4.69) is 12.4 Å². The zero-order chi connectivity index (χ0) is 12.0. The van der Waals surface area contributed by atoms with Gasteiger partial charge in [-0.05, 0) is 30.7 Å². The molecule has 16 heavy (non-hydrogen) atoms. The van der Waals surface area contributed by atoms with Crippen LogP contribution in [0.15, 0.2) is 29.2 Å². The Bertz CT molecular complexity index is 414. The lowest BCUT2D eigenvalue weighted by atomic mass is 10.3. The average Bonchev–Trinajstić information content (AvgIpc) is 2.24. The van der Waals surface area contributed by atoms with Crippen LogP contribution in [0.2, 0.25) is 0 Å². The van der Waals surface area contributed by atoms with Gasteiger partial charge in [-0.2, -0.15) is 0 Å². The van der Waals surface area contributed by atoms with E-state index in [1.807, 2.05) is 0 Å². The second-order valence-corrected chi connectivity index (χ2v) is 4.93. The summed E-state index contributed by atoms with van der Waals surface area (Å²) in [6, 6.07) is 6.07. The highest BCUT2D eigenvalue weighted by molar-refractivity contribution is 7.89. The number of hydrogen-bond acceptors (Lipinski definition) is 4. The van der Waals surface area contributed by atoms with E-state index in [0.717, 1.165) is 12.8 Å². The molecule has 90 valence electrons. The number of hydrogen-bond donors (Lipinski definition) is 2. The molecule has 0 saturated carbocycles. The second kappa shape index (κ2) is 5.83. The molecular formula is C10H16N2O3S. The smallest absolute Gasteiger partial charge is 0.238 e. The largest absolute Gasteiger partial charge is 0.276 e. The molecule has 0 spiro atoms. The van der Waals surface area contributed by atoms with Crippen molar-refractivity contribution in [1.29, 1.82) is 0 Å². The summed E-state index contributed by atoms with van der Waals surface area (Å²) in [4.78, 5) is 5.24. The maximum Gasteiger partial charge on any atom is 0.238 e. The highest BCUT2D eigenvalue weighted by Crippen LogP contribution is 2.12. The third-order valence-electron chi connectivity index (χ3n) is 1.97. The van der Waals surface area contributed by atoms with Crippen molar-refractivity contribution in [1.82, 2.24) is 0 Å². The van der Waals surface area contributed by atoms with Gasteiger partial charge in [0.2, 0.25) is 10.0 Å². The molecule has 0 fully saturated rings. The molecule has 0 aliphatic carbocycles. The van der Waals surface area contributed by atoms with E-state index in [1.54, 1.807) is 12.1 Å². The summed E-state index contributed by atoms with van der Waals surface area (Å²) >= 11 is 0. The van der Waals surface area contributed by atoms with Crippen molar-refractivity contribution in [2.75, 3.05) is 12.1 Å². The highest BCUT2D eigenvalue weighted by atomic mass is 32.2. The van der Waals surface area contributed by atoms with Crippen LogP contribution in [0.3, 0.4) is 0 Å². The fourth-order valence-corrected chi connectivity index (χ4v) is 1.58. The number of nitrogens with one attached hydrogen (secondary N) is 1. The van der Waals surface area contributed by atoms with E-state index in [1.165, 1.54) is 12.1 Å². The van der Waals surface area contributed by atoms with Gasteiger partial charge in [0.1, 0.15) is 0 Å². The first-order valence-corrected chi connectivity index (χ1v) is 6.59. The summed E-state index contributed by atoms with van der Waals surface area (Å²) in [5.41, 5.74) is 3.42. The summed E-state index contributed by atoms with van der Waals surface area (Å²) in [7, 11) is -3.62. The number of unbranched alkanes of at least 4 members (excludes halogenated alkanes) is 1. The lowest BCUT2D eigenvalue weighted by molar-refractivity contribution is 0.189. The maximum absolute atomic E-state index is 11.0. The van der Waals surface area contributed by atoms with E-state index in [4.69, 9.17) is 9.98 Å². The molecule has 5 nitrogen and oxygen atoms in total. The molecular weight excluding hydrogens is 228 g/mol. The average molecular weight is 244 g/mol. The van der Waals surface area contributed by atoms with Crippen LogP contribution in [0.1, 0.15) is 19.8 Å². The van der Waals surface area contributed by atoms with E-state index in [-0.39, 0.29) is 4.90 Å². The molecule has 6 heteroatoms. The topological polar surface area (TPSA) is 81.4 Å². The van der Waals surface area contributed by atoms with Crippen LogP contribution in [-0.4, -0.2) is 15.0 Å². The van der Waals surface area contributed by atoms with Gasteiger partial charge in [0.05, 0.1) is 17.2 Å². The van der Waals surface area contributed by atoms with E-state index < -0.39 is 10.0 Å². The third-order valence-corrected chi connectivity index (χ3v) is 2.90. The van der Waals surface area contributed by atoms with Gasteiger partial charge in [0.15, 0.2) is 0 Å². The van der Waals surface area contributed by atoms with Crippen LogP contribution in [-0.2, 0) is 14.9 Å². The van der Waals surface area contributed by atoms with Gasteiger partial charge in [0, 0.05) is 0 Å². The van der Waals surface area contributed by atoms with E-state index >= 15 is 0 Å². The zero-order valence-corrected chi connectivity index (χ0v) is 9.96. The van der Waals surface area contributed by atoms with Crippen molar-refractivity contribution < 1.29 is 13.3 Å². The van der Waals surface area contributed by atoms with Gasteiger partial charge >= 0.3 is 0 Å². The number of sulfonamides is 1. The van der Waals surface area contributed by atoms with E-state index in [0.29, 0.717) is 12.3 Å². The SMILES string of the molecule is CCCCONc1ccc(S(N)(=O)=O)cc1. The third kappa shape index (κ3) is 4.18. The van der Waals surface area contributed by atoms with Gasteiger partial charge in [-0.3, -0.25) is 10.3 Å². The van der Waals surface area contributed by atoms with Crippen LogP contribution in [0.4, 0.5) is 5.69 Å². The van der Waals surface area contributed by atoms with Crippen molar-refractivity contribution >= 4 is 15.7 Å². The number of anilines is 1. The molecule has 0 atom stereocenters. The Balaban J connectivity index is 2.52. The van der Waals surface area contributed by atoms with Crippen molar-refractivity contribution in [2.45, 2.75) is 24.7 Å². The normalized spacial score (nSPS) is 11.4. The first kappa shape index (κ1) is 13.0. The molecule has 0 aromatic heterocycles. The quantitative estimate of drug-likeness (QED) is 0.586. The number of rotatable bonds is 6. The Morgan fingerprint density at radius 3 is 2.44 bits per heavy atom. The number of primary sulfonamides is 1. The fraction of sp³-hybridized carbons (Fsp3) is 0.400. The maximum atomic E-state index is 11.0. The predicted octanol–water partition coefficient (Wildman–Crippen LogP) is 1.48. The fourth-order valence-electron chi connectivity index (χ4n) is 1.06. The molecule has 1 aromatic rings. The summed E-state index contributed by atoms with van der Waals surface area (Å²) in [6.45, 7) is 2.69. The number of nitrogens with two attached hydrogens (primary N) is 1. The van der Waals surface area contributed by atoms with Gasteiger partial charge in [-0.1, -0.05) is 13.3 Å². The minimum absolute atomic E-state index is 0.0895. The molecule has 1 aromatic carbocycles. The van der Waals surface area contributed by atoms with Crippen LogP contribution in [0.25, 0.3) is 0 Å². The molecule has 0 aliphatic rings. The van der Waals surface area contributed by atoms with Gasteiger partial charge in [-0.25, -0.2) is 13.6 Å². The zero-order valence-electron chi connectivity index (χ0n) is 9.14.